The van der Waals surface area contributed by atoms with Crippen molar-refractivity contribution in [1.29, 1.82) is 0 Å². The molecule has 1 aliphatic rings. The van der Waals surface area contributed by atoms with Gasteiger partial charge in [-0.2, -0.15) is 0 Å². The van der Waals surface area contributed by atoms with Crippen molar-refractivity contribution in [3.05, 3.63) is 34.9 Å². The van der Waals surface area contributed by atoms with Gasteiger partial charge in [0.15, 0.2) is 0 Å². The Balaban J connectivity index is 2.00. The van der Waals surface area contributed by atoms with E-state index in [0.29, 0.717) is 18.0 Å². The molecule has 2 unspecified atom stereocenters. The van der Waals surface area contributed by atoms with Crippen LogP contribution in [0.4, 0.5) is 0 Å². The highest BCUT2D eigenvalue weighted by Gasteiger charge is 2.25. The number of benzene rings is 1. The first-order valence-corrected chi connectivity index (χ1v) is 7.21. The lowest BCUT2D eigenvalue weighted by Gasteiger charge is -2.37. The van der Waals surface area contributed by atoms with Gasteiger partial charge in [-0.25, -0.2) is 0 Å². The first kappa shape index (κ1) is 13.9. The first-order valence-electron chi connectivity index (χ1n) is 6.83. The summed E-state index contributed by atoms with van der Waals surface area (Å²) in [6, 6.07) is 8.87. The van der Waals surface area contributed by atoms with Gasteiger partial charge in [-0.15, -0.1) is 0 Å². The lowest BCUT2D eigenvalue weighted by Crippen LogP contribution is -2.40. The van der Waals surface area contributed by atoms with Crippen LogP contribution in [0.25, 0.3) is 0 Å². The number of nitrogens with zero attached hydrogens (tertiary/aromatic N) is 1. The second kappa shape index (κ2) is 6.05. The summed E-state index contributed by atoms with van der Waals surface area (Å²) < 4.78 is 0. The molecule has 18 heavy (non-hydrogen) atoms. The smallest absolute Gasteiger partial charge is 0.0453 e. The largest absolute Gasteiger partial charge is 0.328 e. The van der Waals surface area contributed by atoms with Crippen molar-refractivity contribution in [2.24, 2.45) is 11.7 Å². The normalized spacial score (nSPS) is 21.8. The highest BCUT2D eigenvalue weighted by Crippen LogP contribution is 2.30. The average Bonchev–Trinajstić information content (AvgIpc) is 2.38. The van der Waals surface area contributed by atoms with Crippen LogP contribution < -0.4 is 5.73 Å². The first-order chi connectivity index (χ1) is 8.59. The summed E-state index contributed by atoms with van der Waals surface area (Å²) in [5.74, 6) is 0.680. The van der Waals surface area contributed by atoms with Crippen molar-refractivity contribution < 1.29 is 0 Å². The molecule has 2 rings (SSSR count). The number of likely N-dealkylation sites (tertiary alicyclic amines) is 1. The maximum absolute atomic E-state index is 6.27. The molecule has 0 saturated carbocycles. The topological polar surface area (TPSA) is 29.3 Å². The van der Waals surface area contributed by atoms with Gasteiger partial charge >= 0.3 is 0 Å². The molecule has 0 bridgehead atoms. The highest BCUT2D eigenvalue weighted by atomic mass is 35.5. The number of piperidine rings is 1. The second-order valence-electron chi connectivity index (χ2n) is 5.43. The van der Waals surface area contributed by atoms with Crippen molar-refractivity contribution in [3.63, 3.8) is 0 Å². The number of nitrogens with two attached hydrogens (primary N) is 1. The monoisotopic (exact) mass is 266 g/mol. The second-order valence-corrected chi connectivity index (χ2v) is 5.84. The molecular weight excluding hydrogens is 244 g/mol. The molecule has 100 valence electrons. The highest BCUT2D eigenvalue weighted by molar-refractivity contribution is 6.31. The van der Waals surface area contributed by atoms with E-state index in [1.54, 1.807) is 0 Å². The zero-order chi connectivity index (χ0) is 13.1. The third kappa shape index (κ3) is 3.05. The summed E-state index contributed by atoms with van der Waals surface area (Å²) in [7, 11) is 0. The Kier molecular flexibility index (Phi) is 4.66. The average molecular weight is 267 g/mol. The minimum atomic E-state index is 0.322. The maximum atomic E-state index is 6.27. The number of halogens is 1. The molecule has 2 nitrogen and oxygen atoms in total. The van der Waals surface area contributed by atoms with Crippen molar-refractivity contribution in [2.75, 3.05) is 13.1 Å². The van der Waals surface area contributed by atoms with Gasteiger partial charge in [-0.1, -0.05) is 29.8 Å². The predicted octanol–water partition coefficient (Wildman–Crippen LogP) is 3.46. The Hall–Kier alpha value is -0.570. The van der Waals surface area contributed by atoms with E-state index < -0.39 is 0 Å². The molecule has 0 amide bonds. The van der Waals surface area contributed by atoms with Crippen LogP contribution in [0, 0.1) is 5.92 Å². The van der Waals surface area contributed by atoms with E-state index in [0.717, 1.165) is 18.1 Å². The predicted molar refractivity (Wildman–Crippen MR) is 77.8 cm³/mol. The Morgan fingerprint density at radius 3 is 2.39 bits per heavy atom. The van der Waals surface area contributed by atoms with E-state index in [2.05, 4.69) is 30.9 Å². The molecule has 3 heteroatoms. The number of rotatable bonds is 3. The van der Waals surface area contributed by atoms with Crippen LogP contribution in [-0.4, -0.2) is 24.0 Å². The van der Waals surface area contributed by atoms with E-state index >= 15 is 0 Å². The van der Waals surface area contributed by atoms with Crippen molar-refractivity contribution >= 4 is 11.6 Å². The van der Waals surface area contributed by atoms with Gasteiger partial charge in [0, 0.05) is 17.1 Å². The van der Waals surface area contributed by atoms with E-state index in [-0.39, 0.29) is 0 Å². The van der Waals surface area contributed by atoms with Crippen LogP contribution in [-0.2, 0) is 0 Å². The fourth-order valence-corrected chi connectivity index (χ4v) is 3.14. The minimum absolute atomic E-state index is 0.322. The molecular formula is C15H23ClN2. The van der Waals surface area contributed by atoms with Crippen LogP contribution >= 0.6 is 11.6 Å². The van der Waals surface area contributed by atoms with Crippen LogP contribution in [0.5, 0.6) is 0 Å². The molecule has 1 aliphatic heterocycles. The van der Waals surface area contributed by atoms with E-state index in [1.165, 1.54) is 18.4 Å². The van der Waals surface area contributed by atoms with Crippen molar-refractivity contribution in [3.8, 4) is 0 Å². The van der Waals surface area contributed by atoms with Gasteiger partial charge in [0.25, 0.3) is 0 Å². The standard InChI is InChI=1S/C15H23ClN2/c1-11(17)13-7-9-18(10-8-13)12(2)14-5-3-4-6-15(14)16/h3-6,11-13H,7-10,17H2,1-2H3. The summed E-state index contributed by atoms with van der Waals surface area (Å²) in [6.45, 7) is 6.61. The zero-order valence-electron chi connectivity index (χ0n) is 11.3. The molecule has 0 spiro atoms. The summed E-state index contributed by atoms with van der Waals surface area (Å²) in [6.07, 6.45) is 2.40. The van der Waals surface area contributed by atoms with Crippen LogP contribution in [0.15, 0.2) is 24.3 Å². The molecule has 1 heterocycles. The molecule has 0 aromatic heterocycles. The summed E-state index contributed by atoms with van der Waals surface area (Å²) in [4.78, 5) is 2.51. The van der Waals surface area contributed by atoms with Crippen LogP contribution in [0.1, 0.15) is 38.3 Å². The molecule has 1 aromatic carbocycles. The molecule has 2 N–H and O–H groups in total. The van der Waals surface area contributed by atoms with Gasteiger partial charge in [0.2, 0.25) is 0 Å². The molecule has 1 fully saturated rings. The van der Waals surface area contributed by atoms with Crippen molar-refractivity contribution in [1.82, 2.24) is 4.90 Å². The molecule has 2 atom stereocenters. The van der Waals surface area contributed by atoms with Gasteiger partial charge in [-0.3, -0.25) is 4.90 Å². The lowest BCUT2D eigenvalue weighted by atomic mass is 9.90. The quantitative estimate of drug-likeness (QED) is 0.908. The minimum Gasteiger partial charge on any atom is -0.328 e. The van der Waals surface area contributed by atoms with Gasteiger partial charge in [0.1, 0.15) is 0 Å². The SMILES string of the molecule is CC(N)C1CCN(C(C)c2ccccc2Cl)CC1. The summed E-state index contributed by atoms with van der Waals surface area (Å²) in [5.41, 5.74) is 7.22. The number of hydrogen-bond acceptors (Lipinski definition) is 2. The third-order valence-corrected chi connectivity index (χ3v) is 4.57. The maximum Gasteiger partial charge on any atom is 0.0453 e. The zero-order valence-corrected chi connectivity index (χ0v) is 12.0. The van der Waals surface area contributed by atoms with Crippen LogP contribution in [0.2, 0.25) is 5.02 Å². The van der Waals surface area contributed by atoms with Gasteiger partial charge in [-0.05, 0) is 57.3 Å². The third-order valence-electron chi connectivity index (χ3n) is 4.22. The summed E-state index contributed by atoms with van der Waals surface area (Å²) >= 11 is 6.27. The van der Waals surface area contributed by atoms with E-state index in [9.17, 15) is 0 Å². The molecule has 1 saturated heterocycles. The van der Waals surface area contributed by atoms with Crippen LogP contribution in [0.3, 0.4) is 0 Å². The summed E-state index contributed by atoms with van der Waals surface area (Å²) in [5, 5.41) is 0.874. The van der Waals surface area contributed by atoms with Gasteiger partial charge < -0.3 is 5.73 Å². The Labute approximate surface area is 115 Å². The van der Waals surface area contributed by atoms with E-state index in [1.807, 2.05) is 12.1 Å². The lowest BCUT2D eigenvalue weighted by molar-refractivity contribution is 0.132. The number of hydrogen-bond donors (Lipinski definition) is 1. The molecule has 0 aliphatic carbocycles. The fourth-order valence-electron chi connectivity index (χ4n) is 2.84. The Morgan fingerprint density at radius 2 is 1.83 bits per heavy atom. The Bertz CT molecular complexity index is 384. The molecule has 1 aromatic rings. The van der Waals surface area contributed by atoms with E-state index in [4.69, 9.17) is 17.3 Å². The molecule has 0 radical (unpaired) electrons. The Morgan fingerprint density at radius 1 is 1.22 bits per heavy atom. The van der Waals surface area contributed by atoms with Crippen molar-refractivity contribution in [2.45, 2.75) is 38.8 Å². The fraction of sp³-hybridized carbons (Fsp3) is 0.600. The van der Waals surface area contributed by atoms with Gasteiger partial charge in [0.05, 0.1) is 0 Å².